The molecule has 0 radical (unpaired) electrons. The van der Waals surface area contributed by atoms with Crippen LogP contribution in [0, 0.1) is 0 Å². The molecule has 150 valence electrons. The first-order chi connectivity index (χ1) is 14.0. The number of carbonyl (C=O) groups is 2. The summed E-state index contributed by atoms with van der Waals surface area (Å²) in [7, 11) is 3.10. The molecule has 29 heavy (non-hydrogen) atoms. The van der Waals surface area contributed by atoms with Crippen molar-refractivity contribution in [1.82, 2.24) is 5.16 Å². The van der Waals surface area contributed by atoms with Gasteiger partial charge >= 0.3 is 0 Å². The van der Waals surface area contributed by atoms with E-state index < -0.39 is 0 Å². The molecule has 0 atom stereocenters. The summed E-state index contributed by atoms with van der Waals surface area (Å²) in [6.07, 6.45) is 0.0210. The lowest BCUT2D eigenvalue weighted by Crippen LogP contribution is -2.15. The number of benzene rings is 2. The molecule has 0 bridgehead atoms. The van der Waals surface area contributed by atoms with Crippen LogP contribution in [0.2, 0.25) is 0 Å². The van der Waals surface area contributed by atoms with Gasteiger partial charge in [0.1, 0.15) is 11.5 Å². The maximum atomic E-state index is 12.5. The number of aromatic nitrogens is 1. The summed E-state index contributed by atoms with van der Waals surface area (Å²) < 4.78 is 15.7. The van der Waals surface area contributed by atoms with Crippen LogP contribution in [0.5, 0.6) is 11.5 Å². The van der Waals surface area contributed by atoms with Crippen molar-refractivity contribution in [3.63, 3.8) is 0 Å². The highest BCUT2D eigenvalue weighted by Gasteiger charge is 2.14. The summed E-state index contributed by atoms with van der Waals surface area (Å²) in [5.41, 5.74) is 2.32. The van der Waals surface area contributed by atoms with Gasteiger partial charge in [-0.15, -0.1) is 0 Å². The summed E-state index contributed by atoms with van der Waals surface area (Å²) in [6, 6.07) is 14.0. The SMILES string of the molecule is COc1ccc(-c2cc(CC(=O)Nc3cc(NC(C)=O)ccc3OC)no2)cc1. The Balaban J connectivity index is 1.69. The number of methoxy groups -OCH3 is 2. The van der Waals surface area contributed by atoms with Crippen LogP contribution in [-0.2, 0) is 16.0 Å². The van der Waals surface area contributed by atoms with Gasteiger partial charge in [-0.25, -0.2) is 0 Å². The maximum Gasteiger partial charge on any atom is 0.230 e. The van der Waals surface area contributed by atoms with Gasteiger partial charge in [-0.2, -0.15) is 0 Å². The van der Waals surface area contributed by atoms with Gasteiger partial charge in [0.2, 0.25) is 11.8 Å². The summed E-state index contributed by atoms with van der Waals surface area (Å²) >= 11 is 0. The fourth-order valence-corrected chi connectivity index (χ4v) is 2.73. The second-order valence-electron chi connectivity index (χ2n) is 6.23. The monoisotopic (exact) mass is 395 g/mol. The number of rotatable bonds is 7. The average Bonchev–Trinajstić information content (AvgIpc) is 3.16. The number of hydrogen-bond donors (Lipinski definition) is 2. The average molecular weight is 395 g/mol. The Bertz CT molecular complexity index is 1010. The van der Waals surface area contributed by atoms with Crippen LogP contribution in [0.1, 0.15) is 12.6 Å². The molecule has 2 amide bonds. The summed E-state index contributed by atoms with van der Waals surface area (Å²) in [5.74, 6) is 1.27. The number of carbonyl (C=O) groups excluding carboxylic acids is 2. The normalized spacial score (nSPS) is 10.3. The van der Waals surface area contributed by atoms with Gasteiger partial charge in [-0.3, -0.25) is 9.59 Å². The molecule has 0 aliphatic rings. The van der Waals surface area contributed by atoms with Gasteiger partial charge in [0.15, 0.2) is 5.76 Å². The summed E-state index contributed by atoms with van der Waals surface area (Å²) in [4.78, 5) is 23.7. The van der Waals surface area contributed by atoms with E-state index in [0.29, 0.717) is 28.6 Å². The molecule has 0 unspecified atom stereocenters. The third-order valence-electron chi connectivity index (χ3n) is 4.07. The second-order valence-corrected chi connectivity index (χ2v) is 6.23. The van der Waals surface area contributed by atoms with Crippen LogP contribution in [0.15, 0.2) is 53.1 Å². The van der Waals surface area contributed by atoms with E-state index in [1.54, 1.807) is 31.4 Å². The molecular formula is C21H21N3O5. The maximum absolute atomic E-state index is 12.5. The van der Waals surface area contributed by atoms with E-state index >= 15 is 0 Å². The number of nitrogens with one attached hydrogen (secondary N) is 2. The molecule has 1 aromatic heterocycles. The quantitative estimate of drug-likeness (QED) is 0.635. The first-order valence-electron chi connectivity index (χ1n) is 8.84. The molecule has 0 aliphatic heterocycles. The van der Waals surface area contributed by atoms with Crippen LogP contribution in [0.3, 0.4) is 0 Å². The molecular weight excluding hydrogens is 374 g/mol. The van der Waals surface area contributed by atoms with Crippen molar-refractivity contribution in [2.45, 2.75) is 13.3 Å². The zero-order valence-electron chi connectivity index (χ0n) is 16.3. The predicted octanol–water partition coefficient (Wildman–Crippen LogP) is 3.50. The van der Waals surface area contributed by atoms with Crippen molar-refractivity contribution >= 4 is 23.2 Å². The predicted molar refractivity (Wildman–Crippen MR) is 108 cm³/mol. The minimum atomic E-state index is -0.294. The van der Waals surface area contributed by atoms with Crippen LogP contribution >= 0.6 is 0 Å². The minimum absolute atomic E-state index is 0.0210. The Kier molecular flexibility index (Phi) is 6.13. The molecule has 3 aromatic rings. The molecule has 2 N–H and O–H groups in total. The molecule has 8 nitrogen and oxygen atoms in total. The van der Waals surface area contributed by atoms with Crippen molar-refractivity contribution in [3.8, 4) is 22.8 Å². The van der Waals surface area contributed by atoms with Crippen LogP contribution in [0.4, 0.5) is 11.4 Å². The fraction of sp³-hybridized carbons (Fsp3) is 0.190. The molecule has 0 fully saturated rings. The van der Waals surface area contributed by atoms with Crippen LogP contribution in [-0.4, -0.2) is 31.2 Å². The van der Waals surface area contributed by atoms with Crippen LogP contribution < -0.4 is 20.1 Å². The van der Waals surface area contributed by atoms with Crippen LogP contribution in [0.25, 0.3) is 11.3 Å². The van der Waals surface area contributed by atoms with Crippen molar-refractivity contribution in [2.75, 3.05) is 24.9 Å². The Labute approximate surface area is 167 Å². The molecule has 0 aliphatic carbocycles. The van der Waals surface area contributed by atoms with E-state index in [1.165, 1.54) is 14.0 Å². The lowest BCUT2D eigenvalue weighted by Gasteiger charge is -2.12. The van der Waals surface area contributed by atoms with E-state index in [1.807, 2.05) is 24.3 Å². The van der Waals surface area contributed by atoms with Gasteiger partial charge < -0.3 is 24.6 Å². The molecule has 2 aromatic carbocycles. The fourth-order valence-electron chi connectivity index (χ4n) is 2.73. The number of hydrogen-bond acceptors (Lipinski definition) is 6. The number of amides is 2. The van der Waals surface area contributed by atoms with E-state index in [9.17, 15) is 9.59 Å². The zero-order valence-corrected chi connectivity index (χ0v) is 16.3. The van der Waals surface area contributed by atoms with E-state index in [2.05, 4.69) is 15.8 Å². The minimum Gasteiger partial charge on any atom is -0.497 e. The molecule has 0 saturated heterocycles. The van der Waals surface area contributed by atoms with Crippen molar-refractivity contribution in [3.05, 3.63) is 54.2 Å². The van der Waals surface area contributed by atoms with E-state index in [4.69, 9.17) is 14.0 Å². The molecule has 8 heteroatoms. The third-order valence-corrected chi connectivity index (χ3v) is 4.07. The van der Waals surface area contributed by atoms with Crippen molar-refractivity contribution in [2.24, 2.45) is 0 Å². The van der Waals surface area contributed by atoms with Gasteiger partial charge in [0, 0.05) is 24.2 Å². The second kappa shape index (κ2) is 8.92. The smallest absolute Gasteiger partial charge is 0.230 e. The first-order valence-corrected chi connectivity index (χ1v) is 8.84. The molecule has 0 saturated carbocycles. The van der Waals surface area contributed by atoms with Gasteiger partial charge in [0.05, 0.1) is 32.0 Å². The highest BCUT2D eigenvalue weighted by atomic mass is 16.5. The highest BCUT2D eigenvalue weighted by molar-refractivity contribution is 5.95. The first kappa shape index (κ1) is 19.9. The lowest BCUT2D eigenvalue weighted by atomic mass is 10.1. The third kappa shape index (κ3) is 5.13. The Hall–Kier alpha value is -3.81. The Morgan fingerprint density at radius 2 is 1.76 bits per heavy atom. The number of ether oxygens (including phenoxy) is 2. The standard InChI is InChI=1S/C21H21N3O5/c1-13(25)22-15-6-9-19(28-3)18(10-15)23-21(26)12-16-11-20(29-24-16)14-4-7-17(27-2)8-5-14/h4-11H,12H2,1-3H3,(H,22,25)(H,23,26). The van der Waals surface area contributed by atoms with Crippen molar-refractivity contribution in [1.29, 1.82) is 0 Å². The molecule has 0 spiro atoms. The topological polar surface area (TPSA) is 103 Å². The number of nitrogens with zero attached hydrogens (tertiary/aromatic N) is 1. The number of anilines is 2. The highest BCUT2D eigenvalue weighted by Crippen LogP contribution is 2.28. The van der Waals surface area contributed by atoms with Gasteiger partial charge in [0.25, 0.3) is 0 Å². The van der Waals surface area contributed by atoms with Gasteiger partial charge in [-0.05, 0) is 42.5 Å². The van der Waals surface area contributed by atoms with Gasteiger partial charge in [-0.1, -0.05) is 5.16 Å². The Morgan fingerprint density at radius 3 is 2.41 bits per heavy atom. The van der Waals surface area contributed by atoms with Crippen molar-refractivity contribution < 1.29 is 23.6 Å². The van der Waals surface area contributed by atoms with E-state index in [0.717, 1.165) is 11.3 Å². The molecule has 1 heterocycles. The Morgan fingerprint density at radius 1 is 1.00 bits per heavy atom. The summed E-state index contributed by atoms with van der Waals surface area (Å²) in [5, 5.41) is 9.40. The summed E-state index contributed by atoms with van der Waals surface area (Å²) in [6.45, 7) is 1.41. The zero-order chi connectivity index (χ0) is 20.8. The lowest BCUT2D eigenvalue weighted by molar-refractivity contribution is -0.116. The van der Waals surface area contributed by atoms with E-state index in [-0.39, 0.29) is 18.2 Å². The molecule has 3 rings (SSSR count). The largest absolute Gasteiger partial charge is 0.497 e.